The summed E-state index contributed by atoms with van der Waals surface area (Å²) in [4.78, 5) is 25.1. The van der Waals surface area contributed by atoms with Crippen LogP contribution in [-0.4, -0.2) is 29.3 Å². The zero-order valence-electron chi connectivity index (χ0n) is 11.4. The van der Waals surface area contributed by atoms with E-state index in [0.717, 1.165) is 12.0 Å². The number of halogens is 2. The van der Waals surface area contributed by atoms with E-state index in [2.05, 4.69) is 21.2 Å². The van der Waals surface area contributed by atoms with Crippen molar-refractivity contribution < 1.29 is 14.0 Å². The lowest BCUT2D eigenvalue weighted by Gasteiger charge is -2.16. The van der Waals surface area contributed by atoms with Crippen molar-refractivity contribution in [2.75, 3.05) is 11.9 Å². The summed E-state index contributed by atoms with van der Waals surface area (Å²) in [5.74, 6) is -0.815. The highest BCUT2D eigenvalue weighted by Gasteiger charge is 2.38. The lowest BCUT2D eigenvalue weighted by Crippen LogP contribution is -2.35. The van der Waals surface area contributed by atoms with Crippen LogP contribution in [0.25, 0.3) is 0 Å². The summed E-state index contributed by atoms with van der Waals surface area (Å²) >= 11 is 3.11. The third-order valence-electron chi connectivity index (χ3n) is 3.29. The summed E-state index contributed by atoms with van der Waals surface area (Å²) in [5, 5.41) is 2.97. The number of carbonyl (C=O) groups excluding carboxylic acids is 2. The zero-order valence-corrected chi connectivity index (χ0v) is 13.0. The zero-order chi connectivity index (χ0) is 14.9. The molecule has 0 aliphatic carbocycles. The van der Waals surface area contributed by atoms with Gasteiger partial charge >= 0.3 is 0 Å². The number of anilines is 1. The number of imide groups is 1. The van der Waals surface area contributed by atoms with Crippen molar-refractivity contribution in [1.29, 1.82) is 0 Å². The van der Waals surface area contributed by atoms with Crippen LogP contribution in [0.15, 0.2) is 16.6 Å². The van der Waals surface area contributed by atoms with Gasteiger partial charge < -0.3 is 5.32 Å². The highest BCUT2D eigenvalue weighted by atomic mass is 79.9. The minimum absolute atomic E-state index is 0.121. The highest BCUT2D eigenvalue weighted by Crippen LogP contribution is 2.26. The van der Waals surface area contributed by atoms with E-state index in [1.54, 1.807) is 6.07 Å². The van der Waals surface area contributed by atoms with E-state index in [-0.39, 0.29) is 18.2 Å². The third-order valence-corrected chi connectivity index (χ3v) is 3.90. The number of carbonyl (C=O) groups is 2. The molecular formula is C14H16BrFN2O2. The average Bonchev–Trinajstić information content (AvgIpc) is 2.64. The molecule has 1 aromatic carbocycles. The SMILES string of the molecule is CCCN1C(=O)CC(Nc2cc(F)c(Br)cc2C)C1=O. The molecular weight excluding hydrogens is 327 g/mol. The van der Waals surface area contributed by atoms with Crippen molar-refractivity contribution >= 4 is 33.4 Å². The van der Waals surface area contributed by atoms with E-state index < -0.39 is 11.9 Å². The van der Waals surface area contributed by atoms with Gasteiger partial charge in [-0.15, -0.1) is 0 Å². The van der Waals surface area contributed by atoms with Crippen LogP contribution >= 0.6 is 15.9 Å². The Morgan fingerprint density at radius 1 is 1.45 bits per heavy atom. The van der Waals surface area contributed by atoms with Gasteiger partial charge in [0.05, 0.1) is 10.9 Å². The van der Waals surface area contributed by atoms with Gasteiger partial charge in [0.25, 0.3) is 5.91 Å². The van der Waals surface area contributed by atoms with Gasteiger partial charge in [-0.3, -0.25) is 14.5 Å². The van der Waals surface area contributed by atoms with Crippen molar-refractivity contribution in [3.63, 3.8) is 0 Å². The molecule has 1 saturated heterocycles. The van der Waals surface area contributed by atoms with E-state index in [1.807, 2.05) is 13.8 Å². The van der Waals surface area contributed by atoms with E-state index >= 15 is 0 Å². The lowest BCUT2D eigenvalue weighted by atomic mass is 10.1. The third kappa shape index (κ3) is 2.85. The van der Waals surface area contributed by atoms with Gasteiger partial charge in [-0.2, -0.15) is 0 Å². The number of amides is 2. The fourth-order valence-corrected chi connectivity index (χ4v) is 2.70. The maximum absolute atomic E-state index is 13.6. The second kappa shape index (κ2) is 5.91. The number of nitrogens with zero attached hydrogens (tertiary/aromatic N) is 1. The Balaban J connectivity index is 2.17. The van der Waals surface area contributed by atoms with Crippen LogP contribution in [0, 0.1) is 12.7 Å². The minimum Gasteiger partial charge on any atom is -0.373 e. The quantitative estimate of drug-likeness (QED) is 0.856. The highest BCUT2D eigenvalue weighted by molar-refractivity contribution is 9.10. The largest absolute Gasteiger partial charge is 0.373 e. The molecule has 108 valence electrons. The molecule has 6 heteroatoms. The Morgan fingerprint density at radius 3 is 2.80 bits per heavy atom. The topological polar surface area (TPSA) is 49.4 Å². The molecule has 2 amide bonds. The van der Waals surface area contributed by atoms with Crippen molar-refractivity contribution in [2.24, 2.45) is 0 Å². The van der Waals surface area contributed by atoms with E-state index in [4.69, 9.17) is 0 Å². The molecule has 2 rings (SSSR count). The van der Waals surface area contributed by atoms with Crippen LogP contribution in [0.3, 0.4) is 0 Å². The Kier molecular flexibility index (Phi) is 4.42. The van der Waals surface area contributed by atoms with Crippen LogP contribution < -0.4 is 5.32 Å². The fraction of sp³-hybridized carbons (Fsp3) is 0.429. The van der Waals surface area contributed by atoms with Crippen LogP contribution in [0.4, 0.5) is 10.1 Å². The monoisotopic (exact) mass is 342 g/mol. The van der Waals surface area contributed by atoms with Crippen LogP contribution in [0.2, 0.25) is 0 Å². The van der Waals surface area contributed by atoms with Gasteiger partial charge in [-0.25, -0.2) is 4.39 Å². The summed E-state index contributed by atoms with van der Waals surface area (Å²) in [6, 6.07) is 2.37. The molecule has 1 heterocycles. The molecule has 0 aromatic heterocycles. The number of hydrogen-bond donors (Lipinski definition) is 1. The van der Waals surface area contributed by atoms with Gasteiger partial charge in [-0.05, 0) is 47.0 Å². The Hall–Kier alpha value is -1.43. The molecule has 0 radical (unpaired) electrons. The van der Waals surface area contributed by atoms with Crippen LogP contribution in [-0.2, 0) is 9.59 Å². The van der Waals surface area contributed by atoms with Crippen molar-refractivity contribution in [1.82, 2.24) is 4.90 Å². The molecule has 1 aliphatic rings. The smallest absolute Gasteiger partial charge is 0.252 e. The van der Waals surface area contributed by atoms with Gasteiger partial charge in [0.2, 0.25) is 5.91 Å². The van der Waals surface area contributed by atoms with Crippen molar-refractivity contribution in [3.05, 3.63) is 28.0 Å². The Labute approximate surface area is 125 Å². The summed E-state index contributed by atoms with van der Waals surface area (Å²) in [5.41, 5.74) is 1.35. The minimum atomic E-state index is -0.603. The molecule has 1 fully saturated rings. The molecule has 1 atom stereocenters. The fourth-order valence-electron chi connectivity index (χ4n) is 2.24. The number of hydrogen-bond acceptors (Lipinski definition) is 3. The van der Waals surface area contributed by atoms with Gasteiger partial charge in [0.15, 0.2) is 0 Å². The second-order valence-electron chi connectivity index (χ2n) is 4.87. The predicted octanol–water partition coefficient (Wildman–Crippen LogP) is 2.85. The van der Waals surface area contributed by atoms with E-state index in [1.165, 1.54) is 11.0 Å². The number of rotatable bonds is 4. The summed E-state index contributed by atoms with van der Waals surface area (Å²) in [7, 11) is 0. The van der Waals surface area contributed by atoms with Gasteiger partial charge in [-0.1, -0.05) is 6.92 Å². The van der Waals surface area contributed by atoms with Crippen molar-refractivity contribution in [2.45, 2.75) is 32.7 Å². The molecule has 0 spiro atoms. The Morgan fingerprint density at radius 2 is 2.15 bits per heavy atom. The first-order valence-corrected chi connectivity index (χ1v) is 7.29. The first-order chi connectivity index (χ1) is 9.43. The van der Waals surface area contributed by atoms with Gasteiger partial charge in [0, 0.05) is 12.2 Å². The van der Waals surface area contributed by atoms with Gasteiger partial charge in [0.1, 0.15) is 11.9 Å². The number of nitrogens with one attached hydrogen (secondary N) is 1. The molecule has 1 aliphatic heterocycles. The molecule has 1 N–H and O–H groups in total. The lowest BCUT2D eigenvalue weighted by molar-refractivity contribution is -0.138. The van der Waals surface area contributed by atoms with Crippen molar-refractivity contribution in [3.8, 4) is 0 Å². The summed E-state index contributed by atoms with van der Waals surface area (Å²) in [6.07, 6.45) is 0.853. The molecule has 1 unspecified atom stereocenters. The first kappa shape index (κ1) is 15.0. The maximum Gasteiger partial charge on any atom is 0.252 e. The predicted molar refractivity (Wildman–Crippen MR) is 77.9 cm³/mol. The second-order valence-corrected chi connectivity index (χ2v) is 5.72. The summed E-state index contributed by atoms with van der Waals surface area (Å²) in [6.45, 7) is 4.16. The number of aryl methyl sites for hydroxylation is 1. The summed E-state index contributed by atoms with van der Waals surface area (Å²) < 4.78 is 13.9. The molecule has 20 heavy (non-hydrogen) atoms. The van der Waals surface area contributed by atoms with Crippen LogP contribution in [0.5, 0.6) is 0 Å². The normalized spacial score (nSPS) is 18.8. The number of benzene rings is 1. The standard InChI is InChI=1S/C14H16BrFN2O2/c1-3-4-18-13(19)7-12(14(18)20)17-11-6-10(16)9(15)5-8(11)2/h5-6,12,17H,3-4,7H2,1-2H3. The maximum atomic E-state index is 13.6. The molecule has 0 bridgehead atoms. The molecule has 1 aromatic rings. The van der Waals surface area contributed by atoms with E-state index in [0.29, 0.717) is 16.7 Å². The first-order valence-electron chi connectivity index (χ1n) is 6.50. The number of likely N-dealkylation sites (tertiary alicyclic amines) is 1. The molecule has 4 nitrogen and oxygen atoms in total. The van der Waals surface area contributed by atoms with Crippen LogP contribution in [0.1, 0.15) is 25.3 Å². The van der Waals surface area contributed by atoms with E-state index in [9.17, 15) is 14.0 Å². The molecule has 0 saturated carbocycles. The average molecular weight is 343 g/mol. The Bertz CT molecular complexity index is 562.